The lowest BCUT2D eigenvalue weighted by atomic mass is 10.0. The maximum atomic E-state index is 12.1. The van der Waals surface area contributed by atoms with E-state index in [9.17, 15) is 8.42 Å². The van der Waals surface area contributed by atoms with E-state index in [1.165, 1.54) is 5.56 Å². The van der Waals surface area contributed by atoms with E-state index >= 15 is 0 Å². The summed E-state index contributed by atoms with van der Waals surface area (Å²) in [6.07, 6.45) is 5.26. The summed E-state index contributed by atoms with van der Waals surface area (Å²) in [6, 6.07) is 14.8. The van der Waals surface area contributed by atoms with Crippen LogP contribution in [0.2, 0.25) is 0 Å². The summed E-state index contributed by atoms with van der Waals surface area (Å²) in [5, 5.41) is 9.31. The van der Waals surface area contributed by atoms with E-state index in [0.717, 1.165) is 40.7 Å². The quantitative estimate of drug-likeness (QED) is 0.609. The fraction of sp³-hybridized carbons (Fsp3) is 0.348. The lowest BCUT2D eigenvalue weighted by Crippen LogP contribution is -2.42. The van der Waals surface area contributed by atoms with Crippen molar-refractivity contribution in [3.8, 4) is 0 Å². The maximum Gasteiger partial charge on any atom is 0.213 e. The van der Waals surface area contributed by atoms with Crippen molar-refractivity contribution in [2.45, 2.75) is 32.7 Å². The maximum absolute atomic E-state index is 12.1. The van der Waals surface area contributed by atoms with Gasteiger partial charge < -0.3 is 10.6 Å². The summed E-state index contributed by atoms with van der Waals surface area (Å²) in [7, 11) is -3.11. The van der Waals surface area contributed by atoms with Crippen molar-refractivity contribution in [2.24, 2.45) is 0 Å². The zero-order chi connectivity index (χ0) is 21.1. The summed E-state index contributed by atoms with van der Waals surface area (Å²) in [6.45, 7) is 4.90. The summed E-state index contributed by atoms with van der Waals surface area (Å²) in [5.41, 5.74) is 4.29. The van der Waals surface area contributed by atoms with Gasteiger partial charge in [-0.15, -0.1) is 0 Å². The van der Waals surface area contributed by atoms with Crippen LogP contribution in [0.25, 0.3) is 10.8 Å². The van der Waals surface area contributed by atoms with E-state index < -0.39 is 10.0 Å². The van der Waals surface area contributed by atoms with Crippen molar-refractivity contribution in [1.29, 1.82) is 0 Å². The standard InChI is InChI=1S/C23H28N4O2S/c1-3-30(28,29)27-12-9-20(10-13-27)26-23-15-21(14-18-8-11-24-16-22(18)23)25-19-6-4-17(2)5-7-19/h4-8,11,14-16,20,25-26H,3,9-10,12-13H2,1-2H3. The lowest BCUT2D eigenvalue weighted by molar-refractivity contribution is 0.330. The second kappa shape index (κ2) is 8.62. The second-order valence-electron chi connectivity index (χ2n) is 7.83. The number of rotatable bonds is 6. The molecule has 0 aliphatic carbocycles. The van der Waals surface area contributed by atoms with E-state index in [1.54, 1.807) is 17.4 Å². The summed E-state index contributed by atoms with van der Waals surface area (Å²) < 4.78 is 25.9. The van der Waals surface area contributed by atoms with Crippen molar-refractivity contribution in [1.82, 2.24) is 9.29 Å². The molecule has 3 aromatic rings. The molecule has 0 saturated carbocycles. The Labute approximate surface area is 178 Å². The van der Waals surface area contributed by atoms with Crippen LogP contribution in [0.5, 0.6) is 0 Å². The molecular weight excluding hydrogens is 396 g/mol. The van der Waals surface area contributed by atoms with Crippen molar-refractivity contribution < 1.29 is 8.42 Å². The fourth-order valence-electron chi connectivity index (χ4n) is 3.87. The van der Waals surface area contributed by atoms with Crippen molar-refractivity contribution in [2.75, 3.05) is 29.5 Å². The van der Waals surface area contributed by atoms with E-state index in [1.807, 2.05) is 12.3 Å². The van der Waals surface area contributed by atoms with Gasteiger partial charge in [-0.3, -0.25) is 4.98 Å². The van der Waals surface area contributed by atoms with Crippen molar-refractivity contribution in [3.63, 3.8) is 0 Å². The molecule has 1 aliphatic rings. The van der Waals surface area contributed by atoms with Crippen molar-refractivity contribution >= 4 is 37.9 Å². The van der Waals surface area contributed by atoms with E-state index in [2.05, 4.69) is 58.9 Å². The van der Waals surface area contributed by atoms with Crippen LogP contribution in [0.1, 0.15) is 25.3 Å². The third-order valence-corrected chi connectivity index (χ3v) is 7.55. The number of fused-ring (bicyclic) bond motifs is 1. The first-order chi connectivity index (χ1) is 14.4. The Hall–Kier alpha value is -2.64. The fourth-order valence-corrected chi connectivity index (χ4v) is 5.01. The van der Waals surface area contributed by atoms with Crippen LogP contribution in [-0.2, 0) is 10.0 Å². The second-order valence-corrected chi connectivity index (χ2v) is 10.1. The average molecular weight is 425 g/mol. The smallest absolute Gasteiger partial charge is 0.213 e. The molecule has 1 fully saturated rings. The van der Waals surface area contributed by atoms with Crippen LogP contribution in [0, 0.1) is 6.92 Å². The van der Waals surface area contributed by atoms with Gasteiger partial charge in [-0.1, -0.05) is 17.7 Å². The van der Waals surface area contributed by atoms with E-state index in [-0.39, 0.29) is 11.8 Å². The van der Waals surface area contributed by atoms with Crippen LogP contribution in [-0.4, -0.2) is 42.6 Å². The molecular formula is C23H28N4O2S. The lowest BCUT2D eigenvalue weighted by Gasteiger charge is -2.32. The minimum atomic E-state index is -3.11. The first-order valence-electron chi connectivity index (χ1n) is 10.4. The van der Waals surface area contributed by atoms with Gasteiger partial charge in [-0.05, 0) is 62.4 Å². The van der Waals surface area contributed by atoms with Gasteiger partial charge in [0, 0.05) is 54.0 Å². The number of sulfonamides is 1. The number of hydrogen-bond donors (Lipinski definition) is 2. The molecule has 0 unspecified atom stereocenters. The molecule has 6 nitrogen and oxygen atoms in total. The minimum Gasteiger partial charge on any atom is -0.382 e. The van der Waals surface area contributed by atoms with Crippen LogP contribution in [0.3, 0.4) is 0 Å². The van der Waals surface area contributed by atoms with Crippen LogP contribution in [0.4, 0.5) is 17.1 Å². The van der Waals surface area contributed by atoms with Crippen LogP contribution in [0.15, 0.2) is 54.9 Å². The molecule has 1 saturated heterocycles. The van der Waals surface area contributed by atoms with Gasteiger partial charge in [0.2, 0.25) is 10.0 Å². The highest BCUT2D eigenvalue weighted by Crippen LogP contribution is 2.31. The van der Waals surface area contributed by atoms with Gasteiger partial charge in [-0.25, -0.2) is 12.7 Å². The number of pyridine rings is 1. The Kier molecular flexibility index (Phi) is 5.92. The summed E-state index contributed by atoms with van der Waals surface area (Å²) >= 11 is 0. The monoisotopic (exact) mass is 424 g/mol. The topological polar surface area (TPSA) is 74.3 Å². The van der Waals surface area contributed by atoms with Gasteiger partial charge in [0.25, 0.3) is 0 Å². The van der Waals surface area contributed by atoms with Crippen molar-refractivity contribution in [3.05, 3.63) is 60.4 Å². The Morgan fingerprint density at radius 2 is 1.80 bits per heavy atom. The molecule has 158 valence electrons. The Bertz CT molecular complexity index is 1120. The van der Waals surface area contributed by atoms with Crippen LogP contribution < -0.4 is 10.6 Å². The molecule has 4 rings (SSSR count). The first kappa shape index (κ1) is 20.6. The number of hydrogen-bond acceptors (Lipinski definition) is 5. The minimum absolute atomic E-state index is 0.161. The number of nitrogens with zero attached hydrogens (tertiary/aromatic N) is 2. The highest BCUT2D eigenvalue weighted by molar-refractivity contribution is 7.89. The number of nitrogens with one attached hydrogen (secondary N) is 2. The Morgan fingerprint density at radius 3 is 2.50 bits per heavy atom. The number of benzene rings is 2. The molecule has 2 aromatic carbocycles. The Balaban J connectivity index is 1.55. The third kappa shape index (κ3) is 4.57. The van der Waals surface area contributed by atoms with E-state index in [4.69, 9.17) is 0 Å². The predicted octanol–water partition coefficient (Wildman–Crippen LogP) is 4.51. The Morgan fingerprint density at radius 1 is 1.07 bits per heavy atom. The summed E-state index contributed by atoms with van der Waals surface area (Å²) in [4.78, 5) is 4.30. The number of aromatic nitrogens is 1. The molecule has 1 aliphatic heterocycles. The third-order valence-electron chi connectivity index (χ3n) is 5.67. The SMILES string of the molecule is CCS(=O)(=O)N1CCC(Nc2cc(Nc3ccc(C)cc3)cc3ccncc23)CC1. The summed E-state index contributed by atoms with van der Waals surface area (Å²) in [5.74, 6) is 0.161. The highest BCUT2D eigenvalue weighted by Gasteiger charge is 2.26. The molecule has 1 aromatic heterocycles. The molecule has 30 heavy (non-hydrogen) atoms. The number of aryl methyl sites for hydroxylation is 1. The molecule has 0 spiro atoms. The highest BCUT2D eigenvalue weighted by atomic mass is 32.2. The van der Waals surface area contributed by atoms with E-state index in [0.29, 0.717) is 13.1 Å². The average Bonchev–Trinajstić information content (AvgIpc) is 2.76. The van der Waals surface area contributed by atoms with Gasteiger partial charge >= 0.3 is 0 Å². The number of piperidine rings is 1. The largest absolute Gasteiger partial charge is 0.382 e. The molecule has 0 radical (unpaired) electrons. The van der Waals surface area contributed by atoms with Gasteiger partial charge in [-0.2, -0.15) is 0 Å². The normalized spacial score (nSPS) is 15.9. The zero-order valence-corrected chi connectivity index (χ0v) is 18.2. The molecule has 2 N–H and O–H groups in total. The molecule has 0 amide bonds. The van der Waals surface area contributed by atoms with Gasteiger partial charge in [0.1, 0.15) is 0 Å². The van der Waals surface area contributed by atoms with Gasteiger partial charge in [0.05, 0.1) is 5.75 Å². The molecule has 2 heterocycles. The zero-order valence-electron chi connectivity index (χ0n) is 17.4. The molecule has 7 heteroatoms. The van der Waals surface area contributed by atoms with Gasteiger partial charge in [0.15, 0.2) is 0 Å². The van der Waals surface area contributed by atoms with Crippen LogP contribution >= 0.6 is 0 Å². The first-order valence-corrected chi connectivity index (χ1v) is 12.0. The molecule has 0 atom stereocenters. The predicted molar refractivity (Wildman–Crippen MR) is 124 cm³/mol. The number of anilines is 3. The molecule has 0 bridgehead atoms.